The lowest BCUT2D eigenvalue weighted by Gasteiger charge is -2.16. The number of benzene rings is 1. The largest absolute Gasteiger partial charge is 0.312 e. The number of nitrogens with zero attached hydrogens (tertiary/aromatic N) is 2. The van der Waals surface area contributed by atoms with Gasteiger partial charge in [-0.15, -0.1) is 0 Å². The van der Waals surface area contributed by atoms with Gasteiger partial charge in [-0.1, -0.05) is 15.9 Å². The average molecular weight is 335 g/mol. The summed E-state index contributed by atoms with van der Waals surface area (Å²) < 4.78 is 13.9. The number of carbonyl (C=O) groups is 1. The van der Waals surface area contributed by atoms with Gasteiger partial charge in [-0.25, -0.2) is 4.39 Å². The maximum atomic E-state index is 12.9. The molecule has 0 bridgehead atoms. The van der Waals surface area contributed by atoms with Crippen molar-refractivity contribution in [3.05, 3.63) is 58.6 Å². The highest BCUT2D eigenvalue weighted by Gasteiger charge is 2.34. The van der Waals surface area contributed by atoms with Crippen LogP contribution in [0.4, 0.5) is 10.1 Å². The van der Waals surface area contributed by atoms with Crippen molar-refractivity contribution in [2.24, 2.45) is 0 Å². The topological polar surface area (TPSA) is 33.2 Å². The Morgan fingerprint density at radius 1 is 1.20 bits per heavy atom. The van der Waals surface area contributed by atoms with Crippen LogP contribution in [-0.2, 0) is 4.79 Å². The Kier molecular flexibility index (Phi) is 3.53. The molecule has 102 valence electrons. The number of aromatic nitrogens is 1. The zero-order chi connectivity index (χ0) is 14.1. The smallest absolute Gasteiger partial charge is 0.236 e. The number of anilines is 1. The summed E-state index contributed by atoms with van der Waals surface area (Å²) in [5.74, 6) is -0.644. The van der Waals surface area contributed by atoms with Gasteiger partial charge in [0, 0.05) is 16.7 Å². The summed E-state index contributed by atoms with van der Waals surface area (Å²) >= 11 is 3.38. The summed E-state index contributed by atoms with van der Waals surface area (Å²) in [6.45, 7) is 0.657. The third-order valence-corrected chi connectivity index (χ3v) is 3.98. The van der Waals surface area contributed by atoms with Crippen LogP contribution in [0.15, 0.2) is 47.1 Å². The molecule has 1 amide bonds. The minimum absolute atomic E-state index is 0.0198. The second kappa shape index (κ2) is 5.32. The van der Waals surface area contributed by atoms with E-state index in [2.05, 4.69) is 20.9 Å². The first-order valence-electron chi connectivity index (χ1n) is 6.33. The zero-order valence-electron chi connectivity index (χ0n) is 10.6. The molecule has 1 aromatic carbocycles. The molecule has 0 radical (unpaired) electrons. The first-order valence-corrected chi connectivity index (χ1v) is 7.13. The summed E-state index contributed by atoms with van der Waals surface area (Å²) in [5, 5.41) is 0. The van der Waals surface area contributed by atoms with Crippen molar-refractivity contribution in [3.63, 3.8) is 0 Å². The van der Waals surface area contributed by atoms with Crippen LogP contribution in [0.1, 0.15) is 18.0 Å². The van der Waals surface area contributed by atoms with Gasteiger partial charge in [0.2, 0.25) is 5.91 Å². The first-order chi connectivity index (χ1) is 9.65. The molecule has 0 saturated carbocycles. The molecular weight excluding hydrogens is 323 g/mol. The van der Waals surface area contributed by atoms with Crippen LogP contribution >= 0.6 is 15.9 Å². The SMILES string of the molecule is O=C1C(c2ccc(F)cn2)CCN1c1ccc(Br)cc1. The Hall–Kier alpha value is -1.75. The third kappa shape index (κ3) is 2.45. The van der Waals surface area contributed by atoms with E-state index in [1.807, 2.05) is 24.3 Å². The minimum Gasteiger partial charge on any atom is -0.312 e. The van der Waals surface area contributed by atoms with Crippen molar-refractivity contribution in [2.75, 3.05) is 11.4 Å². The van der Waals surface area contributed by atoms with E-state index >= 15 is 0 Å². The molecule has 2 heterocycles. The maximum Gasteiger partial charge on any atom is 0.236 e. The lowest BCUT2D eigenvalue weighted by molar-refractivity contribution is -0.118. The fraction of sp³-hybridized carbons (Fsp3) is 0.200. The number of pyridine rings is 1. The van der Waals surface area contributed by atoms with Gasteiger partial charge in [-0.2, -0.15) is 0 Å². The number of halogens is 2. The van der Waals surface area contributed by atoms with E-state index < -0.39 is 0 Å². The molecule has 3 rings (SSSR count). The Bertz CT molecular complexity index is 572. The molecule has 3 nitrogen and oxygen atoms in total. The van der Waals surface area contributed by atoms with E-state index in [9.17, 15) is 9.18 Å². The van der Waals surface area contributed by atoms with Crippen LogP contribution in [0.2, 0.25) is 0 Å². The van der Waals surface area contributed by atoms with Crippen molar-refractivity contribution >= 4 is 27.5 Å². The van der Waals surface area contributed by atoms with Crippen LogP contribution in [0.5, 0.6) is 0 Å². The van der Waals surface area contributed by atoms with Gasteiger partial charge in [0.1, 0.15) is 5.82 Å². The standard InChI is InChI=1S/C15H12BrFN2O/c16-10-1-4-12(5-2-10)19-8-7-13(15(19)20)14-6-3-11(17)9-18-14/h1-6,9,13H,7-8H2. The fourth-order valence-corrected chi connectivity index (χ4v) is 2.69. The molecular formula is C15H12BrFN2O. The molecule has 0 N–H and O–H groups in total. The summed E-state index contributed by atoms with van der Waals surface area (Å²) in [6.07, 6.45) is 1.86. The summed E-state index contributed by atoms with van der Waals surface area (Å²) in [5.41, 5.74) is 1.51. The monoisotopic (exact) mass is 334 g/mol. The van der Waals surface area contributed by atoms with Gasteiger partial charge in [0.05, 0.1) is 17.8 Å². The molecule has 0 spiro atoms. The van der Waals surface area contributed by atoms with E-state index in [-0.39, 0.29) is 17.6 Å². The zero-order valence-corrected chi connectivity index (χ0v) is 12.2. The third-order valence-electron chi connectivity index (χ3n) is 3.45. The predicted molar refractivity (Wildman–Crippen MR) is 78.0 cm³/mol. The number of carbonyl (C=O) groups excluding carboxylic acids is 1. The van der Waals surface area contributed by atoms with Gasteiger partial charge < -0.3 is 4.90 Å². The number of rotatable bonds is 2. The molecule has 1 aromatic heterocycles. The van der Waals surface area contributed by atoms with Gasteiger partial charge in [0.25, 0.3) is 0 Å². The average Bonchev–Trinajstić information content (AvgIpc) is 2.83. The number of hydrogen-bond acceptors (Lipinski definition) is 2. The van der Waals surface area contributed by atoms with Crippen LogP contribution in [0, 0.1) is 5.82 Å². The lowest BCUT2D eigenvalue weighted by atomic mass is 10.0. The van der Waals surface area contributed by atoms with E-state index in [4.69, 9.17) is 0 Å². The molecule has 20 heavy (non-hydrogen) atoms. The highest BCUT2D eigenvalue weighted by molar-refractivity contribution is 9.10. The van der Waals surface area contributed by atoms with Crippen LogP contribution in [-0.4, -0.2) is 17.4 Å². The van der Waals surface area contributed by atoms with Crippen molar-refractivity contribution in [3.8, 4) is 0 Å². The predicted octanol–water partition coefficient (Wildman–Crippen LogP) is 3.50. The molecule has 1 saturated heterocycles. The second-order valence-electron chi connectivity index (χ2n) is 4.71. The molecule has 1 fully saturated rings. The number of hydrogen-bond donors (Lipinski definition) is 0. The van der Waals surface area contributed by atoms with E-state index in [1.54, 1.807) is 11.0 Å². The van der Waals surface area contributed by atoms with Crippen molar-refractivity contribution < 1.29 is 9.18 Å². The van der Waals surface area contributed by atoms with Crippen molar-refractivity contribution in [2.45, 2.75) is 12.3 Å². The van der Waals surface area contributed by atoms with Crippen molar-refractivity contribution in [1.82, 2.24) is 4.98 Å². The minimum atomic E-state index is -0.385. The van der Waals surface area contributed by atoms with E-state index in [1.165, 1.54) is 6.07 Å². The van der Waals surface area contributed by atoms with Crippen molar-refractivity contribution in [1.29, 1.82) is 0 Å². The lowest BCUT2D eigenvalue weighted by Crippen LogP contribution is -2.26. The van der Waals surface area contributed by atoms with Gasteiger partial charge in [-0.05, 0) is 42.8 Å². The molecule has 1 unspecified atom stereocenters. The molecule has 1 atom stereocenters. The summed E-state index contributed by atoms with van der Waals surface area (Å²) in [4.78, 5) is 18.2. The molecule has 0 aliphatic carbocycles. The highest BCUT2D eigenvalue weighted by Crippen LogP contribution is 2.31. The van der Waals surface area contributed by atoms with E-state index in [0.717, 1.165) is 16.4 Å². The fourth-order valence-electron chi connectivity index (χ4n) is 2.43. The molecule has 5 heteroatoms. The molecule has 1 aliphatic heterocycles. The summed E-state index contributed by atoms with van der Waals surface area (Å²) in [6, 6.07) is 10.6. The Morgan fingerprint density at radius 2 is 1.95 bits per heavy atom. The van der Waals surface area contributed by atoms with Gasteiger partial charge in [0.15, 0.2) is 0 Å². The van der Waals surface area contributed by atoms with Gasteiger partial charge >= 0.3 is 0 Å². The van der Waals surface area contributed by atoms with E-state index in [0.29, 0.717) is 18.7 Å². The quantitative estimate of drug-likeness (QED) is 0.842. The second-order valence-corrected chi connectivity index (χ2v) is 5.62. The first kappa shape index (κ1) is 13.2. The molecule has 1 aliphatic rings. The Labute approximate surface area is 124 Å². The van der Waals surface area contributed by atoms with Crippen LogP contribution in [0.3, 0.4) is 0 Å². The van der Waals surface area contributed by atoms with Crippen LogP contribution < -0.4 is 4.90 Å². The Balaban J connectivity index is 1.83. The Morgan fingerprint density at radius 3 is 2.60 bits per heavy atom. The highest BCUT2D eigenvalue weighted by atomic mass is 79.9. The molecule has 2 aromatic rings. The number of amides is 1. The summed E-state index contributed by atoms with van der Waals surface area (Å²) in [7, 11) is 0. The maximum absolute atomic E-state index is 12.9. The van der Waals surface area contributed by atoms with Crippen LogP contribution in [0.25, 0.3) is 0 Å². The van der Waals surface area contributed by atoms with Gasteiger partial charge in [-0.3, -0.25) is 9.78 Å². The normalized spacial score (nSPS) is 18.6.